The lowest BCUT2D eigenvalue weighted by atomic mass is 9.67. The van der Waals surface area contributed by atoms with Crippen LogP contribution in [0.4, 0.5) is 4.39 Å². The minimum absolute atomic E-state index is 0.196. The Bertz CT molecular complexity index is 498. The van der Waals surface area contributed by atoms with Crippen LogP contribution in [0.5, 0.6) is 0 Å². The van der Waals surface area contributed by atoms with Crippen LogP contribution in [0.2, 0.25) is 0 Å². The Labute approximate surface area is 129 Å². The van der Waals surface area contributed by atoms with Crippen molar-refractivity contribution in [3.05, 3.63) is 34.1 Å². The van der Waals surface area contributed by atoms with Gasteiger partial charge in [0.25, 0.3) is 0 Å². The maximum Gasteiger partial charge on any atom is 0.126 e. The van der Waals surface area contributed by atoms with Crippen molar-refractivity contribution in [2.75, 3.05) is 0 Å². The van der Waals surface area contributed by atoms with Crippen LogP contribution in [0.15, 0.2) is 22.7 Å². The van der Waals surface area contributed by atoms with Crippen LogP contribution in [0.3, 0.4) is 0 Å². The first kappa shape index (κ1) is 15.5. The molecule has 0 bridgehead atoms. The molecule has 1 saturated carbocycles. The molecule has 0 amide bonds. The third-order valence-electron chi connectivity index (χ3n) is 4.53. The van der Waals surface area contributed by atoms with E-state index in [0.717, 1.165) is 36.1 Å². The van der Waals surface area contributed by atoms with Gasteiger partial charge in [-0.05, 0) is 61.8 Å². The Hall–Kier alpha value is -0.880. The van der Waals surface area contributed by atoms with Crippen molar-refractivity contribution in [3.63, 3.8) is 0 Å². The van der Waals surface area contributed by atoms with Crippen LogP contribution in [0, 0.1) is 28.5 Å². The molecule has 0 unspecified atom stereocenters. The van der Waals surface area contributed by atoms with Gasteiger partial charge in [-0.1, -0.05) is 35.7 Å². The third-order valence-corrected chi connectivity index (χ3v) is 5.03. The topological polar surface area (TPSA) is 23.8 Å². The number of halogens is 2. The predicted molar refractivity (Wildman–Crippen MR) is 82.7 cm³/mol. The van der Waals surface area contributed by atoms with E-state index in [1.165, 1.54) is 18.9 Å². The third kappa shape index (κ3) is 3.61. The summed E-state index contributed by atoms with van der Waals surface area (Å²) in [6.07, 6.45) is 7.03. The average molecular weight is 338 g/mol. The lowest BCUT2D eigenvalue weighted by Crippen LogP contribution is -2.28. The highest BCUT2D eigenvalue weighted by Crippen LogP contribution is 2.42. The Balaban J connectivity index is 2.10. The molecule has 2 rings (SSSR count). The highest BCUT2D eigenvalue weighted by atomic mass is 79.9. The molecule has 20 heavy (non-hydrogen) atoms. The molecule has 108 valence electrons. The molecule has 1 fully saturated rings. The summed E-state index contributed by atoms with van der Waals surface area (Å²) in [6.45, 7) is 2.21. The van der Waals surface area contributed by atoms with Gasteiger partial charge in [0, 0.05) is 4.47 Å². The smallest absolute Gasteiger partial charge is 0.126 e. The van der Waals surface area contributed by atoms with Gasteiger partial charge in [-0.2, -0.15) is 5.26 Å². The average Bonchev–Trinajstić information content (AvgIpc) is 2.45. The molecule has 1 aliphatic rings. The van der Waals surface area contributed by atoms with Crippen LogP contribution in [-0.4, -0.2) is 0 Å². The van der Waals surface area contributed by atoms with Gasteiger partial charge in [0.1, 0.15) is 5.82 Å². The second kappa shape index (κ2) is 6.72. The van der Waals surface area contributed by atoms with Crippen LogP contribution >= 0.6 is 15.9 Å². The van der Waals surface area contributed by atoms with E-state index in [0.29, 0.717) is 12.0 Å². The second-order valence-electron chi connectivity index (χ2n) is 6.04. The first-order valence-electron chi connectivity index (χ1n) is 7.44. The van der Waals surface area contributed by atoms with Crippen LogP contribution in [-0.2, 0) is 6.42 Å². The summed E-state index contributed by atoms with van der Waals surface area (Å²) in [5, 5.41) is 9.60. The lowest BCUT2D eigenvalue weighted by Gasteiger charge is -2.35. The van der Waals surface area contributed by atoms with Crippen molar-refractivity contribution < 1.29 is 4.39 Å². The molecule has 1 aromatic rings. The molecular formula is C17H21BrFN. The summed E-state index contributed by atoms with van der Waals surface area (Å²) >= 11 is 3.38. The summed E-state index contributed by atoms with van der Waals surface area (Å²) in [4.78, 5) is 0. The zero-order valence-corrected chi connectivity index (χ0v) is 13.5. The summed E-state index contributed by atoms with van der Waals surface area (Å²) in [5.41, 5.74) is 0.293. The molecule has 0 aliphatic heterocycles. The zero-order valence-electron chi connectivity index (χ0n) is 12.0. The maximum absolute atomic E-state index is 13.9. The Morgan fingerprint density at radius 1 is 1.40 bits per heavy atom. The van der Waals surface area contributed by atoms with Crippen molar-refractivity contribution >= 4 is 15.9 Å². The first-order chi connectivity index (χ1) is 9.58. The molecule has 1 aromatic carbocycles. The standard InChI is InChI=1S/C17H21BrFN/c1-2-3-13-6-8-17(12-20,9-7-13)11-14-10-15(18)4-5-16(14)19/h4-5,10,13H,2-3,6-9,11H2,1H3. The predicted octanol–water partition coefficient (Wildman–Crippen LogP) is 5.63. The molecule has 3 heteroatoms. The van der Waals surface area contributed by atoms with E-state index in [2.05, 4.69) is 28.9 Å². The zero-order chi connectivity index (χ0) is 14.6. The minimum Gasteiger partial charge on any atom is -0.207 e. The quantitative estimate of drug-likeness (QED) is 0.698. The van der Waals surface area contributed by atoms with Crippen molar-refractivity contribution in [2.45, 2.75) is 51.9 Å². The van der Waals surface area contributed by atoms with E-state index in [4.69, 9.17) is 0 Å². The Morgan fingerprint density at radius 2 is 2.10 bits per heavy atom. The van der Waals surface area contributed by atoms with Gasteiger partial charge in [-0.3, -0.25) is 0 Å². The fourth-order valence-electron chi connectivity index (χ4n) is 3.30. The number of benzene rings is 1. The van der Waals surface area contributed by atoms with Crippen molar-refractivity contribution in [1.29, 1.82) is 5.26 Å². The van der Waals surface area contributed by atoms with Gasteiger partial charge in [0.2, 0.25) is 0 Å². The van der Waals surface area contributed by atoms with Gasteiger partial charge in [0.05, 0.1) is 11.5 Å². The van der Waals surface area contributed by atoms with Gasteiger partial charge in [-0.15, -0.1) is 0 Å². The molecule has 0 saturated heterocycles. The fraction of sp³-hybridized carbons (Fsp3) is 0.588. The van der Waals surface area contributed by atoms with Gasteiger partial charge < -0.3 is 0 Å². The van der Waals surface area contributed by atoms with Crippen molar-refractivity contribution in [1.82, 2.24) is 0 Å². The molecular weight excluding hydrogens is 317 g/mol. The summed E-state index contributed by atoms with van der Waals surface area (Å²) in [7, 11) is 0. The molecule has 0 radical (unpaired) electrons. The monoisotopic (exact) mass is 337 g/mol. The number of hydrogen-bond acceptors (Lipinski definition) is 1. The van der Waals surface area contributed by atoms with Crippen molar-refractivity contribution in [2.24, 2.45) is 11.3 Å². The fourth-order valence-corrected chi connectivity index (χ4v) is 3.71. The van der Waals surface area contributed by atoms with Crippen molar-refractivity contribution in [3.8, 4) is 6.07 Å². The van der Waals surface area contributed by atoms with Gasteiger partial charge in [0.15, 0.2) is 0 Å². The molecule has 1 aliphatic carbocycles. The van der Waals surface area contributed by atoms with Crippen LogP contribution < -0.4 is 0 Å². The highest BCUT2D eigenvalue weighted by Gasteiger charge is 2.36. The first-order valence-corrected chi connectivity index (χ1v) is 8.23. The van der Waals surface area contributed by atoms with Crippen LogP contribution in [0.25, 0.3) is 0 Å². The number of nitrogens with zero attached hydrogens (tertiary/aromatic N) is 1. The summed E-state index contributed by atoms with van der Waals surface area (Å²) < 4.78 is 14.8. The number of hydrogen-bond donors (Lipinski definition) is 0. The van der Waals surface area contributed by atoms with Gasteiger partial charge >= 0.3 is 0 Å². The lowest BCUT2D eigenvalue weighted by molar-refractivity contribution is 0.199. The normalized spacial score (nSPS) is 26.2. The van der Waals surface area contributed by atoms with E-state index in [9.17, 15) is 9.65 Å². The summed E-state index contributed by atoms with van der Waals surface area (Å²) in [5.74, 6) is 0.562. The molecule has 0 heterocycles. The molecule has 0 aromatic heterocycles. The summed E-state index contributed by atoms with van der Waals surface area (Å²) in [6, 6.07) is 7.49. The molecule has 0 spiro atoms. The molecule has 0 atom stereocenters. The van der Waals surface area contributed by atoms with Crippen LogP contribution in [0.1, 0.15) is 51.0 Å². The minimum atomic E-state index is -0.369. The molecule has 0 N–H and O–H groups in total. The highest BCUT2D eigenvalue weighted by molar-refractivity contribution is 9.10. The van der Waals surface area contributed by atoms with E-state index < -0.39 is 0 Å². The van der Waals surface area contributed by atoms with Gasteiger partial charge in [-0.25, -0.2) is 4.39 Å². The van der Waals surface area contributed by atoms with E-state index >= 15 is 0 Å². The second-order valence-corrected chi connectivity index (χ2v) is 6.95. The largest absolute Gasteiger partial charge is 0.207 e. The number of rotatable bonds is 4. The molecule has 1 nitrogen and oxygen atoms in total. The van der Waals surface area contributed by atoms with E-state index in [1.54, 1.807) is 6.07 Å². The van der Waals surface area contributed by atoms with E-state index in [1.807, 2.05) is 6.07 Å². The number of nitriles is 1. The maximum atomic E-state index is 13.9. The Kier molecular flexibility index (Phi) is 5.21. The Morgan fingerprint density at radius 3 is 2.70 bits per heavy atom. The van der Waals surface area contributed by atoms with E-state index in [-0.39, 0.29) is 11.2 Å². The SMILES string of the molecule is CCCC1CCC(C#N)(Cc2cc(Br)ccc2F)CC1.